The average molecular weight is 238 g/mol. The molecule has 0 aromatic heterocycles. The molecule has 2 N–H and O–H groups in total. The molecule has 1 rings (SSSR count). The highest BCUT2D eigenvalue weighted by atomic mass is 28.3. The first-order chi connectivity index (χ1) is 7.29. The molecule has 0 heterocycles. The van der Waals surface area contributed by atoms with E-state index < -0.39 is 14.0 Å². The molecule has 1 aromatic carbocycles. The summed E-state index contributed by atoms with van der Waals surface area (Å²) in [5.41, 5.74) is 1.03. The summed E-state index contributed by atoms with van der Waals surface area (Å²) in [6, 6.07) is 5.47. The lowest BCUT2D eigenvalue weighted by Crippen LogP contribution is -2.20. The zero-order valence-corrected chi connectivity index (χ0v) is 10.9. The molecule has 0 saturated carbocycles. The number of rotatable bonds is 4. The molecule has 4 heteroatoms. The van der Waals surface area contributed by atoms with E-state index in [1.54, 1.807) is 6.07 Å². The van der Waals surface area contributed by atoms with E-state index in [1.807, 2.05) is 0 Å². The van der Waals surface area contributed by atoms with Crippen LogP contribution in [0.15, 0.2) is 18.2 Å². The largest absolute Gasteiger partial charge is 0.508 e. The van der Waals surface area contributed by atoms with Gasteiger partial charge in [0.1, 0.15) is 5.75 Å². The third-order valence-electron chi connectivity index (χ3n) is 2.46. The van der Waals surface area contributed by atoms with Gasteiger partial charge in [0.2, 0.25) is 0 Å². The standard InChI is InChI=1S/C12H18O3Si/c1-16(2,3)7-6-9-8-10(13)4-5-11(9)12(14)15/h4-5,8,13H,6-7H2,1-3H3,(H,14,15). The van der Waals surface area contributed by atoms with Gasteiger partial charge >= 0.3 is 5.97 Å². The highest BCUT2D eigenvalue weighted by Gasteiger charge is 2.16. The van der Waals surface area contributed by atoms with Gasteiger partial charge in [-0.1, -0.05) is 25.7 Å². The van der Waals surface area contributed by atoms with Gasteiger partial charge < -0.3 is 10.2 Å². The smallest absolute Gasteiger partial charge is 0.335 e. The Morgan fingerprint density at radius 1 is 1.31 bits per heavy atom. The maximum Gasteiger partial charge on any atom is 0.335 e. The quantitative estimate of drug-likeness (QED) is 0.793. The van der Waals surface area contributed by atoms with E-state index in [0.29, 0.717) is 5.56 Å². The maximum absolute atomic E-state index is 11.0. The van der Waals surface area contributed by atoms with Crippen LogP contribution in [0.5, 0.6) is 5.75 Å². The molecule has 0 atom stereocenters. The highest BCUT2D eigenvalue weighted by molar-refractivity contribution is 6.76. The van der Waals surface area contributed by atoms with Crippen molar-refractivity contribution in [2.24, 2.45) is 0 Å². The van der Waals surface area contributed by atoms with Crippen LogP contribution in [0.4, 0.5) is 0 Å². The highest BCUT2D eigenvalue weighted by Crippen LogP contribution is 2.21. The number of carboxylic acids is 1. The molecule has 0 aliphatic heterocycles. The minimum absolute atomic E-state index is 0.135. The molecule has 0 aliphatic carbocycles. The molecule has 1 aromatic rings. The van der Waals surface area contributed by atoms with E-state index in [4.69, 9.17) is 5.11 Å². The van der Waals surface area contributed by atoms with Crippen LogP contribution in [0, 0.1) is 0 Å². The molecule has 0 saturated heterocycles. The Morgan fingerprint density at radius 2 is 1.94 bits per heavy atom. The van der Waals surface area contributed by atoms with Gasteiger partial charge in [-0.05, 0) is 30.2 Å². The number of hydrogen-bond acceptors (Lipinski definition) is 2. The fraction of sp³-hybridized carbons (Fsp3) is 0.417. The predicted octanol–water partition coefficient (Wildman–Crippen LogP) is 2.97. The van der Waals surface area contributed by atoms with Gasteiger partial charge in [-0.15, -0.1) is 0 Å². The minimum Gasteiger partial charge on any atom is -0.508 e. The summed E-state index contributed by atoms with van der Waals surface area (Å²) < 4.78 is 0. The monoisotopic (exact) mass is 238 g/mol. The van der Waals surface area contributed by atoms with Crippen molar-refractivity contribution in [1.82, 2.24) is 0 Å². The summed E-state index contributed by atoms with van der Waals surface area (Å²) in [5.74, 6) is -0.791. The Hall–Kier alpha value is -1.29. The van der Waals surface area contributed by atoms with Gasteiger partial charge in [0.05, 0.1) is 5.56 Å². The second-order valence-corrected chi connectivity index (χ2v) is 10.8. The van der Waals surface area contributed by atoms with Crippen molar-refractivity contribution in [3.63, 3.8) is 0 Å². The summed E-state index contributed by atoms with van der Waals surface area (Å²) in [4.78, 5) is 11.0. The number of phenols is 1. The topological polar surface area (TPSA) is 57.5 Å². The molecule has 0 spiro atoms. The van der Waals surface area contributed by atoms with Crippen molar-refractivity contribution in [3.8, 4) is 5.75 Å². The Morgan fingerprint density at radius 3 is 2.44 bits per heavy atom. The van der Waals surface area contributed by atoms with Gasteiger partial charge in [-0.3, -0.25) is 0 Å². The number of carboxylic acid groups (broad SMARTS) is 1. The summed E-state index contributed by atoms with van der Waals surface area (Å²) in [6.07, 6.45) is 0.728. The van der Waals surface area contributed by atoms with Crippen LogP contribution in [-0.2, 0) is 6.42 Å². The first-order valence-corrected chi connectivity index (χ1v) is 9.05. The van der Waals surface area contributed by atoms with Gasteiger partial charge in [0, 0.05) is 8.07 Å². The molecular formula is C12H18O3Si. The number of phenolic OH excluding ortho intramolecular Hbond substituents is 1. The van der Waals surface area contributed by atoms with Crippen LogP contribution in [0.2, 0.25) is 25.7 Å². The molecule has 88 valence electrons. The molecule has 0 fully saturated rings. The molecule has 0 radical (unpaired) electrons. The normalized spacial score (nSPS) is 11.4. The number of carbonyl (C=O) groups is 1. The Labute approximate surface area is 96.8 Å². The lowest BCUT2D eigenvalue weighted by Gasteiger charge is -2.16. The lowest BCUT2D eigenvalue weighted by molar-refractivity contribution is 0.0695. The number of hydrogen-bond donors (Lipinski definition) is 2. The lowest BCUT2D eigenvalue weighted by atomic mass is 10.1. The molecule has 0 bridgehead atoms. The van der Waals surface area contributed by atoms with Crippen LogP contribution in [-0.4, -0.2) is 24.3 Å². The average Bonchev–Trinajstić information content (AvgIpc) is 2.13. The van der Waals surface area contributed by atoms with E-state index >= 15 is 0 Å². The van der Waals surface area contributed by atoms with E-state index in [1.165, 1.54) is 12.1 Å². The summed E-state index contributed by atoms with van der Waals surface area (Å²) in [5, 5.41) is 18.4. The summed E-state index contributed by atoms with van der Waals surface area (Å²) in [6.45, 7) is 6.74. The van der Waals surface area contributed by atoms with Crippen molar-refractivity contribution in [3.05, 3.63) is 29.3 Å². The Bertz CT molecular complexity index is 394. The van der Waals surface area contributed by atoms with Gasteiger partial charge in [-0.2, -0.15) is 0 Å². The van der Waals surface area contributed by atoms with E-state index in [0.717, 1.165) is 18.0 Å². The first-order valence-electron chi connectivity index (χ1n) is 5.35. The second-order valence-electron chi connectivity index (χ2n) is 5.21. The van der Waals surface area contributed by atoms with Gasteiger partial charge in [0.15, 0.2) is 0 Å². The number of benzene rings is 1. The molecular weight excluding hydrogens is 220 g/mol. The van der Waals surface area contributed by atoms with Gasteiger partial charge in [0.25, 0.3) is 0 Å². The van der Waals surface area contributed by atoms with Crippen molar-refractivity contribution in [2.75, 3.05) is 0 Å². The van der Waals surface area contributed by atoms with E-state index in [2.05, 4.69) is 19.6 Å². The number of aryl methyl sites for hydroxylation is 1. The first kappa shape index (κ1) is 12.8. The molecule has 0 amide bonds. The fourth-order valence-electron chi connectivity index (χ4n) is 1.51. The third-order valence-corrected chi connectivity index (χ3v) is 4.21. The van der Waals surface area contributed by atoms with Crippen LogP contribution >= 0.6 is 0 Å². The molecule has 16 heavy (non-hydrogen) atoms. The predicted molar refractivity (Wildman–Crippen MR) is 66.9 cm³/mol. The molecule has 3 nitrogen and oxygen atoms in total. The van der Waals surface area contributed by atoms with E-state index in [9.17, 15) is 9.90 Å². The van der Waals surface area contributed by atoms with Crippen LogP contribution in [0.25, 0.3) is 0 Å². The van der Waals surface area contributed by atoms with Gasteiger partial charge in [-0.25, -0.2) is 4.79 Å². The second kappa shape index (κ2) is 4.70. The fourth-order valence-corrected chi connectivity index (χ4v) is 2.52. The molecule has 0 aliphatic rings. The number of aromatic carboxylic acids is 1. The van der Waals surface area contributed by atoms with Crippen molar-refractivity contribution in [2.45, 2.75) is 32.1 Å². The third kappa shape index (κ3) is 3.70. The zero-order valence-electron chi connectivity index (χ0n) is 9.95. The summed E-state index contributed by atoms with van der Waals surface area (Å²) >= 11 is 0. The van der Waals surface area contributed by atoms with Crippen LogP contribution < -0.4 is 0 Å². The maximum atomic E-state index is 11.0. The SMILES string of the molecule is C[Si](C)(C)CCc1cc(O)ccc1C(=O)O. The van der Waals surface area contributed by atoms with E-state index in [-0.39, 0.29) is 5.75 Å². The summed E-state index contributed by atoms with van der Waals surface area (Å²) in [7, 11) is -1.19. The number of aromatic hydroxyl groups is 1. The van der Waals surface area contributed by atoms with Crippen molar-refractivity contribution >= 4 is 14.0 Å². The zero-order chi connectivity index (χ0) is 12.3. The van der Waals surface area contributed by atoms with Crippen LogP contribution in [0.1, 0.15) is 15.9 Å². The Balaban J connectivity index is 2.93. The Kier molecular flexibility index (Phi) is 3.75. The minimum atomic E-state index is -1.19. The van der Waals surface area contributed by atoms with Crippen molar-refractivity contribution in [1.29, 1.82) is 0 Å². The molecule has 0 unspecified atom stereocenters. The van der Waals surface area contributed by atoms with Crippen LogP contribution in [0.3, 0.4) is 0 Å². The van der Waals surface area contributed by atoms with Crippen molar-refractivity contribution < 1.29 is 15.0 Å².